The number of fused-ring (bicyclic) bond motifs is 1. The van der Waals surface area contributed by atoms with Crippen molar-refractivity contribution in [3.05, 3.63) is 63.9 Å². The van der Waals surface area contributed by atoms with Gasteiger partial charge in [0.05, 0.1) is 16.6 Å². The summed E-state index contributed by atoms with van der Waals surface area (Å²) in [5.41, 5.74) is 0.731. The molecular formula is C20H19ClN4O4. The van der Waals surface area contributed by atoms with Gasteiger partial charge in [-0.3, -0.25) is 14.4 Å². The second kappa shape index (κ2) is 9.29. The van der Waals surface area contributed by atoms with E-state index in [4.69, 9.17) is 16.3 Å². The molecule has 150 valence electrons. The van der Waals surface area contributed by atoms with Gasteiger partial charge in [0.2, 0.25) is 0 Å². The molecule has 2 heterocycles. The fourth-order valence-electron chi connectivity index (χ4n) is 2.68. The number of benzene rings is 1. The minimum absolute atomic E-state index is 0.0851. The molecule has 0 radical (unpaired) electrons. The van der Waals surface area contributed by atoms with E-state index >= 15 is 0 Å². The summed E-state index contributed by atoms with van der Waals surface area (Å²) in [5, 5.41) is 3.23. The number of nitrogens with zero attached hydrogens (tertiary/aromatic N) is 2. The van der Waals surface area contributed by atoms with Crippen molar-refractivity contribution >= 4 is 40.1 Å². The van der Waals surface area contributed by atoms with Crippen LogP contribution in [0.3, 0.4) is 0 Å². The molecule has 29 heavy (non-hydrogen) atoms. The van der Waals surface area contributed by atoms with Crippen LogP contribution in [0, 0.1) is 0 Å². The predicted molar refractivity (Wildman–Crippen MR) is 109 cm³/mol. The number of esters is 1. The highest BCUT2D eigenvalue weighted by Gasteiger charge is 2.19. The molecule has 0 saturated carbocycles. The molecule has 0 bridgehead atoms. The Morgan fingerprint density at radius 3 is 2.83 bits per heavy atom. The quantitative estimate of drug-likeness (QED) is 0.454. The van der Waals surface area contributed by atoms with Crippen molar-refractivity contribution in [2.75, 3.05) is 5.32 Å². The third-order valence-corrected chi connectivity index (χ3v) is 4.45. The van der Waals surface area contributed by atoms with Gasteiger partial charge in [0.1, 0.15) is 5.82 Å². The largest absolute Gasteiger partial charge is 0.453 e. The first-order valence-corrected chi connectivity index (χ1v) is 9.40. The molecule has 0 aliphatic heterocycles. The average Bonchev–Trinajstić information content (AvgIpc) is 2.69. The number of amides is 1. The number of hydrogen-bond acceptors (Lipinski definition) is 6. The van der Waals surface area contributed by atoms with Gasteiger partial charge in [-0.1, -0.05) is 23.7 Å². The molecule has 1 amide bonds. The number of para-hydroxylation sites is 1. The van der Waals surface area contributed by atoms with Gasteiger partial charge < -0.3 is 15.0 Å². The van der Waals surface area contributed by atoms with E-state index in [9.17, 15) is 14.4 Å². The molecule has 3 rings (SSSR count). The molecule has 2 aromatic heterocycles. The summed E-state index contributed by atoms with van der Waals surface area (Å²) in [6.07, 6.45) is 1.42. The Bertz CT molecular complexity index is 1100. The molecule has 1 atom stereocenters. The lowest BCUT2D eigenvalue weighted by Crippen LogP contribution is -2.30. The standard InChI is InChI=1S/C20H19ClN4O4/c1-12(19(27)24-15-8-5-11-22-18(15)21)29-17(26)10-4-9-16-23-14-7-3-2-6-13(14)20(28)25-16/h2-3,5-8,11-12H,4,9-10H2,1H3,(H,24,27)(H,23,25,28)/t12-/m0/s1. The van der Waals surface area contributed by atoms with Crippen molar-refractivity contribution in [3.63, 3.8) is 0 Å². The molecule has 3 aromatic rings. The minimum Gasteiger partial charge on any atom is -0.453 e. The first-order valence-electron chi connectivity index (χ1n) is 9.03. The Balaban J connectivity index is 1.49. The number of halogens is 1. The fourth-order valence-corrected chi connectivity index (χ4v) is 2.84. The summed E-state index contributed by atoms with van der Waals surface area (Å²) in [5.74, 6) is -0.527. The van der Waals surface area contributed by atoms with Gasteiger partial charge in [0, 0.05) is 19.0 Å². The lowest BCUT2D eigenvalue weighted by atomic mass is 10.2. The predicted octanol–water partition coefficient (Wildman–Crippen LogP) is 2.86. The lowest BCUT2D eigenvalue weighted by Gasteiger charge is -2.14. The SMILES string of the molecule is C[C@H](OC(=O)CCCc1nc2ccccc2c(=O)[nH]1)C(=O)Nc1cccnc1Cl. The van der Waals surface area contributed by atoms with Crippen LogP contribution in [-0.2, 0) is 20.7 Å². The summed E-state index contributed by atoms with van der Waals surface area (Å²) in [7, 11) is 0. The summed E-state index contributed by atoms with van der Waals surface area (Å²) >= 11 is 5.89. The number of ether oxygens (including phenoxy) is 1. The van der Waals surface area contributed by atoms with Crippen molar-refractivity contribution in [1.29, 1.82) is 0 Å². The second-order valence-electron chi connectivity index (χ2n) is 6.35. The summed E-state index contributed by atoms with van der Waals surface area (Å²) in [6.45, 7) is 1.47. The lowest BCUT2D eigenvalue weighted by molar-refractivity contribution is -0.153. The van der Waals surface area contributed by atoms with Crippen molar-refractivity contribution < 1.29 is 14.3 Å². The van der Waals surface area contributed by atoms with E-state index < -0.39 is 18.0 Å². The van der Waals surface area contributed by atoms with Crippen LogP contribution in [0.15, 0.2) is 47.4 Å². The maximum atomic E-state index is 12.1. The van der Waals surface area contributed by atoms with E-state index in [1.807, 2.05) is 0 Å². The van der Waals surface area contributed by atoms with Crippen molar-refractivity contribution in [3.8, 4) is 0 Å². The van der Waals surface area contributed by atoms with E-state index in [0.717, 1.165) is 0 Å². The number of carbonyl (C=O) groups excluding carboxylic acids is 2. The van der Waals surface area contributed by atoms with Crippen LogP contribution >= 0.6 is 11.6 Å². The molecule has 0 aliphatic carbocycles. The van der Waals surface area contributed by atoms with Crippen molar-refractivity contribution in [1.82, 2.24) is 15.0 Å². The first kappa shape index (κ1) is 20.5. The second-order valence-corrected chi connectivity index (χ2v) is 6.70. The van der Waals surface area contributed by atoms with Gasteiger partial charge in [-0.2, -0.15) is 0 Å². The molecule has 0 spiro atoms. The number of aryl methyl sites for hydroxylation is 1. The third kappa shape index (κ3) is 5.39. The number of pyridine rings is 1. The van der Waals surface area contributed by atoms with Crippen LogP contribution in [0.2, 0.25) is 5.15 Å². The van der Waals surface area contributed by atoms with E-state index in [2.05, 4.69) is 20.3 Å². The van der Waals surface area contributed by atoms with Crippen LogP contribution in [0.5, 0.6) is 0 Å². The first-order chi connectivity index (χ1) is 13.9. The van der Waals surface area contributed by atoms with Crippen molar-refractivity contribution in [2.24, 2.45) is 0 Å². The van der Waals surface area contributed by atoms with Gasteiger partial charge in [0.25, 0.3) is 11.5 Å². The van der Waals surface area contributed by atoms with Gasteiger partial charge in [-0.25, -0.2) is 9.97 Å². The van der Waals surface area contributed by atoms with Gasteiger partial charge in [-0.15, -0.1) is 0 Å². The number of nitrogens with one attached hydrogen (secondary N) is 2. The van der Waals surface area contributed by atoms with E-state index in [1.165, 1.54) is 13.1 Å². The number of carbonyl (C=O) groups is 2. The monoisotopic (exact) mass is 414 g/mol. The highest BCUT2D eigenvalue weighted by molar-refractivity contribution is 6.32. The summed E-state index contributed by atoms with van der Waals surface area (Å²) in [6, 6.07) is 10.3. The summed E-state index contributed by atoms with van der Waals surface area (Å²) in [4.78, 5) is 47.2. The fraction of sp³-hybridized carbons (Fsp3) is 0.250. The zero-order chi connectivity index (χ0) is 20.8. The van der Waals surface area contributed by atoms with E-state index in [0.29, 0.717) is 35.3 Å². The van der Waals surface area contributed by atoms with Crippen LogP contribution in [0.1, 0.15) is 25.6 Å². The van der Waals surface area contributed by atoms with Crippen LogP contribution < -0.4 is 10.9 Å². The van der Waals surface area contributed by atoms with Crippen LogP contribution in [0.4, 0.5) is 5.69 Å². The van der Waals surface area contributed by atoms with Crippen LogP contribution in [0.25, 0.3) is 10.9 Å². The Hall–Kier alpha value is -3.26. The maximum Gasteiger partial charge on any atom is 0.306 e. The van der Waals surface area contributed by atoms with Gasteiger partial charge >= 0.3 is 5.97 Å². The number of H-pyrrole nitrogens is 1. The number of aromatic nitrogens is 3. The number of hydrogen-bond donors (Lipinski definition) is 2. The van der Waals surface area contributed by atoms with Crippen LogP contribution in [-0.4, -0.2) is 32.9 Å². The van der Waals surface area contributed by atoms with E-state index in [1.54, 1.807) is 36.4 Å². The third-order valence-electron chi connectivity index (χ3n) is 4.15. The zero-order valence-electron chi connectivity index (χ0n) is 15.6. The Kier molecular flexibility index (Phi) is 6.56. The Labute approximate surface area is 171 Å². The number of anilines is 1. The smallest absolute Gasteiger partial charge is 0.306 e. The molecule has 0 fully saturated rings. The highest BCUT2D eigenvalue weighted by atomic mass is 35.5. The molecule has 1 aromatic carbocycles. The Morgan fingerprint density at radius 1 is 1.24 bits per heavy atom. The molecular weight excluding hydrogens is 396 g/mol. The molecule has 0 aliphatic rings. The van der Waals surface area contributed by atoms with Crippen molar-refractivity contribution in [2.45, 2.75) is 32.3 Å². The molecule has 8 nitrogen and oxygen atoms in total. The Morgan fingerprint density at radius 2 is 2.03 bits per heavy atom. The highest BCUT2D eigenvalue weighted by Crippen LogP contribution is 2.18. The van der Waals surface area contributed by atoms with E-state index in [-0.39, 0.29) is 17.1 Å². The zero-order valence-corrected chi connectivity index (χ0v) is 16.4. The molecule has 0 unspecified atom stereocenters. The number of rotatable bonds is 7. The molecule has 9 heteroatoms. The normalized spacial score (nSPS) is 11.8. The average molecular weight is 415 g/mol. The minimum atomic E-state index is -0.989. The molecule has 0 saturated heterocycles. The van der Waals surface area contributed by atoms with Gasteiger partial charge in [0.15, 0.2) is 11.3 Å². The van der Waals surface area contributed by atoms with Gasteiger partial charge in [-0.05, 0) is 37.6 Å². The maximum absolute atomic E-state index is 12.1. The topological polar surface area (TPSA) is 114 Å². The summed E-state index contributed by atoms with van der Waals surface area (Å²) < 4.78 is 5.15. The number of aromatic amines is 1. The molecule has 2 N–H and O–H groups in total.